The molecule has 1 aliphatic rings. The van der Waals surface area contributed by atoms with E-state index in [1.54, 1.807) is 34.6 Å². The molecule has 0 bridgehead atoms. The number of methoxy groups -OCH3 is 1. The number of amides is 1. The number of rotatable bonds is 2. The Morgan fingerprint density at radius 1 is 1.13 bits per heavy atom. The van der Waals surface area contributed by atoms with Gasteiger partial charge in [-0.3, -0.25) is 4.90 Å². The van der Waals surface area contributed by atoms with Gasteiger partial charge in [0.05, 0.1) is 7.11 Å². The minimum Gasteiger partial charge on any atom is -0.467 e. The third kappa shape index (κ3) is 5.86. The lowest BCUT2D eigenvalue weighted by molar-refractivity contribution is -0.158. The molecule has 1 fully saturated rings. The highest BCUT2D eigenvalue weighted by Crippen LogP contribution is 2.43. The second-order valence-corrected chi connectivity index (χ2v) is 14.7. The lowest BCUT2D eigenvalue weighted by Crippen LogP contribution is -2.47. The van der Waals surface area contributed by atoms with Crippen molar-refractivity contribution in [2.24, 2.45) is 0 Å². The molecule has 0 spiro atoms. The van der Waals surface area contributed by atoms with Gasteiger partial charge in [0, 0.05) is 5.56 Å². The smallest absolute Gasteiger partial charge is 0.413 e. The molecule has 0 aliphatic carbocycles. The van der Waals surface area contributed by atoms with Gasteiger partial charge in [-0.25, -0.2) is 9.59 Å². The average Bonchev–Trinajstić information content (AvgIpc) is 2.89. The fraction of sp³-hybridized carbons (Fsp3) is 0.565. The van der Waals surface area contributed by atoms with Gasteiger partial charge in [-0.05, 0) is 52.3 Å². The number of hydrogen-bond acceptors (Lipinski definition) is 5. The third-order valence-electron chi connectivity index (χ3n) is 4.42. The van der Waals surface area contributed by atoms with Crippen LogP contribution in [0.15, 0.2) is 24.3 Å². The van der Waals surface area contributed by atoms with Gasteiger partial charge in [-0.1, -0.05) is 37.7 Å². The summed E-state index contributed by atoms with van der Waals surface area (Å²) in [5.74, 6) is 2.67. The van der Waals surface area contributed by atoms with Crippen LogP contribution in [-0.4, -0.2) is 49.6 Å². The van der Waals surface area contributed by atoms with E-state index in [1.165, 1.54) is 12.0 Å². The summed E-state index contributed by atoms with van der Waals surface area (Å²) in [5.41, 5.74) is 3.24. The van der Waals surface area contributed by atoms with Crippen LogP contribution in [0.25, 0.3) is 0 Å². The van der Waals surface area contributed by atoms with Gasteiger partial charge in [-0.2, -0.15) is 0 Å². The second-order valence-electron chi connectivity index (χ2n) is 9.93. The SMILES string of the molecule is COC(=O)[C@@H]1OC(C)(C)N(C(=O)OC(C)(C)C)[C@H]1c1ccc(C#C[Si](C)(C)C)cc1. The highest BCUT2D eigenvalue weighted by molar-refractivity contribution is 6.83. The van der Waals surface area contributed by atoms with E-state index in [9.17, 15) is 9.59 Å². The van der Waals surface area contributed by atoms with Gasteiger partial charge in [0.25, 0.3) is 0 Å². The van der Waals surface area contributed by atoms with Crippen molar-refractivity contribution in [3.05, 3.63) is 35.4 Å². The van der Waals surface area contributed by atoms with Crippen molar-refractivity contribution in [1.82, 2.24) is 4.90 Å². The first kappa shape index (κ1) is 24.0. The van der Waals surface area contributed by atoms with Crippen molar-refractivity contribution >= 4 is 20.1 Å². The van der Waals surface area contributed by atoms with Crippen LogP contribution in [-0.2, 0) is 19.0 Å². The molecule has 0 N–H and O–H groups in total. The number of ether oxygens (including phenoxy) is 3. The lowest BCUT2D eigenvalue weighted by atomic mass is 9.99. The molecule has 1 aromatic carbocycles. The van der Waals surface area contributed by atoms with Gasteiger partial charge >= 0.3 is 12.1 Å². The molecule has 164 valence electrons. The van der Waals surface area contributed by atoms with Crippen LogP contribution in [0.2, 0.25) is 19.6 Å². The zero-order valence-electron chi connectivity index (χ0n) is 19.5. The molecular formula is C23H33NO5Si. The molecule has 2 rings (SSSR count). The lowest BCUT2D eigenvalue weighted by Gasteiger charge is -2.35. The summed E-state index contributed by atoms with van der Waals surface area (Å²) >= 11 is 0. The van der Waals surface area contributed by atoms with Gasteiger partial charge in [0.15, 0.2) is 6.10 Å². The summed E-state index contributed by atoms with van der Waals surface area (Å²) in [6, 6.07) is 6.86. The Bertz CT molecular complexity index is 853. The molecule has 0 unspecified atom stereocenters. The van der Waals surface area contributed by atoms with Crippen LogP contribution in [0.5, 0.6) is 0 Å². The molecule has 1 saturated heterocycles. The van der Waals surface area contributed by atoms with Crippen molar-refractivity contribution in [3.8, 4) is 11.5 Å². The number of hydrogen-bond donors (Lipinski definition) is 0. The molecule has 1 heterocycles. The quantitative estimate of drug-likeness (QED) is 0.392. The van der Waals surface area contributed by atoms with Gasteiger partial charge in [-0.15, -0.1) is 5.54 Å². The van der Waals surface area contributed by atoms with E-state index in [2.05, 4.69) is 31.1 Å². The Morgan fingerprint density at radius 2 is 1.70 bits per heavy atom. The Kier molecular flexibility index (Phi) is 6.75. The van der Waals surface area contributed by atoms with E-state index in [0.29, 0.717) is 0 Å². The number of carbonyl (C=O) groups excluding carboxylic acids is 2. The van der Waals surface area contributed by atoms with E-state index in [-0.39, 0.29) is 0 Å². The first-order chi connectivity index (χ1) is 13.6. The van der Waals surface area contributed by atoms with Crippen LogP contribution >= 0.6 is 0 Å². The Balaban J connectivity index is 2.47. The standard InChI is InChI=1S/C23H33NO5Si/c1-22(2,3)29-21(26)24-18(19(20(25)27-6)28-23(24,4)5)17-12-10-16(11-13-17)14-15-30(7,8)9/h10-13,18-19H,1-9H3/t18-,19+/m0/s1. The Morgan fingerprint density at radius 3 is 2.17 bits per heavy atom. The van der Waals surface area contributed by atoms with E-state index in [4.69, 9.17) is 14.2 Å². The molecule has 0 radical (unpaired) electrons. The Hall–Kier alpha value is -2.30. The predicted molar refractivity (Wildman–Crippen MR) is 118 cm³/mol. The summed E-state index contributed by atoms with van der Waals surface area (Å²) in [7, 11) is -0.183. The van der Waals surface area contributed by atoms with E-state index < -0.39 is 43.6 Å². The van der Waals surface area contributed by atoms with Crippen LogP contribution in [0.3, 0.4) is 0 Å². The molecule has 0 aromatic heterocycles. The van der Waals surface area contributed by atoms with Gasteiger partial charge in [0.2, 0.25) is 0 Å². The number of benzene rings is 1. The molecule has 2 atom stereocenters. The van der Waals surface area contributed by atoms with Crippen molar-refractivity contribution in [2.45, 2.75) is 77.7 Å². The maximum atomic E-state index is 13.1. The number of nitrogens with zero attached hydrogens (tertiary/aromatic N) is 1. The maximum Gasteiger partial charge on any atom is 0.413 e. The fourth-order valence-corrected chi connectivity index (χ4v) is 3.71. The minimum atomic E-state index is -1.49. The fourth-order valence-electron chi connectivity index (χ4n) is 3.19. The summed E-state index contributed by atoms with van der Waals surface area (Å²) < 4.78 is 16.5. The molecule has 1 aliphatic heterocycles. The van der Waals surface area contributed by atoms with E-state index in [0.717, 1.165) is 11.1 Å². The molecule has 0 saturated carbocycles. The summed E-state index contributed by atoms with van der Waals surface area (Å²) in [4.78, 5) is 27.0. The molecular weight excluding hydrogens is 398 g/mol. The predicted octanol–water partition coefficient (Wildman–Crippen LogP) is 4.50. The largest absolute Gasteiger partial charge is 0.467 e. The second kappa shape index (κ2) is 8.44. The number of esters is 1. The average molecular weight is 432 g/mol. The van der Waals surface area contributed by atoms with Gasteiger partial charge in [0.1, 0.15) is 25.4 Å². The van der Waals surface area contributed by atoms with Crippen LogP contribution in [0.4, 0.5) is 4.79 Å². The molecule has 6 nitrogen and oxygen atoms in total. The Labute approximate surface area is 180 Å². The van der Waals surface area contributed by atoms with Crippen LogP contribution < -0.4 is 0 Å². The van der Waals surface area contributed by atoms with Crippen molar-refractivity contribution < 1.29 is 23.8 Å². The summed E-state index contributed by atoms with van der Waals surface area (Å²) in [6.45, 7) is 15.4. The van der Waals surface area contributed by atoms with Crippen LogP contribution in [0, 0.1) is 11.5 Å². The first-order valence-corrected chi connectivity index (χ1v) is 13.6. The molecule has 1 aromatic rings. The number of carbonyl (C=O) groups is 2. The zero-order chi connectivity index (χ0) is 22.9. The van der Waals surface area contributed by atoms with Gasteiger partial charge < -0.3 is 14.2 Å². The van der Waals surface area contributed by atoms with Crippen molar-refractivity contribution in [2.75, 3.05) is 7.11 Å². The topological polar surface area (TPSA) is 65.1 Å². The molecule has 30 heavy (non-hydrogen) atoms. The van der Waals surface area contributed by atoms with Crippen molar-refractivity contribution in [1.29, 1.82) is 0 Å². The third-order valence-corrected chi connectivity index (χ3v) is 5.29. The monoisotopic (exact) mass is 431 g/mol. The van der Waals surface area contributed by atoms with E-state index in [1.807, 2.05) is 24.3 Å². The minimum absolute atomic E-state index is 0.540. The summed E-state index contributed by atoms with van der Waals surface area (Å²) in [6.07, 6.45) is -1.51. The molecule has 1 amide bonds. The molecule has 7 heteroatoms. The normalized spacial score (nSPS) is 20.9. The first-order valence-electron chi connectivity index (χ1n) is 10.1. The highest BCUT2D eigenvalue weighted by Gasteiger charge is 2.55. The van der Waals surface area contributed by atoms with Crippen molar-refractivity contribution in [3.63, 3.8) is 0 Å². The highest BCUT2D eigenvalue weighted by atomic mass is 28.3. The summed E-state index contributed by atoms with van der Waals surface area (Å²) in [5, 5.41) is 0. The maximum absolute atomic E-state index is 13.1. The zero-order valence-corrected chi connectivity index (χ0v) is 20.5. The van der Waals surface area contributed by atoms with Crippen LogP contribution in [0.1, 0.15) is 51.8 Å². The van der Waals surface area contributed by atoms with E-state index >= 15 is 0 Å².